The number of aromatic nitrogens is 2. The van der Waals surface area contributed by atoms with Gasteiger partial charge >= 0.3 is 0 Å². The van der Waals surface area contributed by atoms with Gasteiger partial charge in [0.25, 0.3) is 0 Å². The molecule has 2 aromatic rings. The average molecular weight is 339 g/mol. The van der Waals surface area contributed by atoms with E-state index >= 15 is 0 Å². The second-order valence-corrected chi connectivity index (χ2v) is 5.72. The average Bonchev–Trinajstić information content (AvgIpc) is 3.15. The van der Waals surface area contributed by atoms with E-state index in [0.29, 0.717) is 18.3 Å². The molecule has 1 unspecified atom stereocenters. The lowest BCUT2D eigenvalue weighted by Crippen LogP contribution is -2.18. The fourth-order valence-corrected chi connectivity index (χ4v) is 2.72. The van der Waals surface area contributed by atoms with Crippen molar-refractivity contribution in [1.29, 1.82) is 0 Å². The van der Waals surface area contributed by atoms with E-state index in [2.05, 4.69) is 45.6 Å². The molecule has 7 heteroatoms. The van der Waals surface area contributed by atoms with Gasteiger partial charge in [-0.15, -0.1) is 12.4 Å². The number of hydrogen-bond acceptors (Lipinski definition) is 6. The molecule has 1 N–H and O–H groups in total. The lowest BCUT2D eigenvalue weighted by atomic mass is 10.1. The molecule has 0 saturated heterocycles. The summed E-state index contributed by atoms with van der Waals surface area (Å²) < 4.78 is 10.5. The molecule has 0 spiro atoms. The van der Waals surface area contributed by atoms with Crippen molar-refractivity contribution in [3.05, 3.63) is 41.0 Å². The van der Waals surface area contributed by atoms with Gasteiger partial charge in [0.2, 0.25) is 5.89 Å². The number of methoxy groups -OCH3 is 1. The highest BCUT2D eigenvalue weighted by molar-refractivity contribution is 5.85. The van der Waals surface area contributed by atoms with Crippen molar-refractivity contribution >= 4 is 18.1 Å². The van der Waals surface area contributed by atoms with Gasteiger partial charge in [-0.25, -0.2) is 0 Å². The van der Waals surface area contributed by atoms with Gasteiger partial charge in [0.1, 0.15) is 6.10 Å². The third kappa shape index (κ3) is 4.02. The molecule has 0 aliphatic carbocycles. The van der Waals surface area contributed by atoms with E-state index in [1.165, 1.54) is 16.8 Å². The van der Waals surface area contributed by atoms with Crippen molar-refractivity contribution in [2.45, 2.75) is 32.5 Å². The minimum atomic E-state index is -0.149. The first-order chi connectivity index (χ1) is 10.7. The Morgan fingerprint density at radius 1 is 1.39 bits per heavy atom. The maximum Gasteiger partial charge on any atom is 0.240 e. The highest BCUT2D eigenvalue weighted by Gasteiger charge is 2.17. The van der Waals surface area contributed by atoms with Crippen LogP contribution in [0.25, 0.3) is 0 Å². The summed E-state index contributed by atoms with van der Waals surface area (Å²) in [5.41, 5.74) is 4.00. The van der Waals surface area contributed by atoms with E-state index < -0.39 is 0 Å². The zero-order chi connectivity index (χ0) is 15.5. The molecule has 1 atom stereocenters. The van der Waals surface area contributed by atoms with Crippen molar-refractivity contribution in [1.82, 2.24) is 15.0 Å². The predicted molar refractivity (Wildman–Crippen MR) is 90.8 cm³/mol. The zero-order valence-electron chi connectivity index (χ0n) is 13.7. The van der Waals surface area contributed by atoms with Crippen LogP contribution in [-0.4, -0.2) is 35.7 Å². The van der Waals surface area contributed by atoms with Crippen LogP contribution < -0.4 is 5.32 Å². The van der Waals surface area contributed by atoms with Gasteiger partial charge in [0.05, 0.1) is 6.54 Å². The van der Waals surface area contributed by atoms with Crippen LogP contribution in [0.5, 0.6) is 0 Å². The molecule has 6 nitrogen and oxygen atoms in total. The smallest absolute Gasteiger partial charge is 0.240 e. The fourth-order valence-electron chi connectivity index (χ4n) is 2.72. The van der Waals surface area contributed by atoms with Crippen molar-refractivity contribution in [3.8, 4) is 0 Å². The summed E-state index contributed by atoms with van der Waals surface area (Å²) in [6.45, 7) is 4.39. The molecule has 1 aromatic heterocycles. The molecule has 0 saturated carbocycles. The third-order valence-electron chi connectivity index (χ3n) is 3.98. The van der Waals surface area contributed by atoms with Gasteiger partial charge in [0, 0.05) is 25.9 Å². The highest BCUT2D eigenvalue weighted by Crippen LogP contribution is 2.27. The largest absolute Gasteiger partial charge is 0.384 e. The first-order valence-corrected chi connectivity index (χ1v) is 7.56. The van der Waals surface area contributed by atoms with Crippen LogP contribution in [0.2, 0.25) is 0 Å². The predicted octanol–water partition coefficient (Wildman–Crippen LogP) is 2.80. The molecule has 3 rings (SSSR count). The number of hydrogen-bond donors (Lipinski definition) is 1. The number of ether oxygens (including phenoxy) is 1. The molecule has 0 radical (unpaired) electrons. The fraction of sp³-hybridized carbons (Fsp3) is 0.500. The van der Waals surface area contributed by atoms with Crippen molar-refractivity contribution < 1.29 is 9.26 Å². The standard InChI is InChI=1S/C16H22N4O2.ClH/c1-11(21-3)16-18-14(22-19-16)10-20(2)9-13-6-4-5-12-7-8-17-15(12)13;/h4-6,11,17H,7-10H2,1-3H3;1H. The van der Waals surface area contributed by atoms with Crippen molar-refractivity contribution in [2.24, 2.45) is 0 Å². The van der Waals surface area contributed by atoms with E-state index in [-0.39, 0.29) is 18.5 Å². The van der Waals surface area contributed by atoms with Crippen molar-refractivity contribution in [3.63, 3.8) is 0 Å². The number of nitrogens with zero attached hydrogens (tertiary/aromatic N) is 3. The summed E-state index contributed by atoms with van der Waals surface area (Å²) >= 11 is 0. The van der Waals surface area contributed by atoms with E-state index in [4.69, 9.17) is 9.26 Å². The maximum atomic E-state index is 5.29. The SMILES string of the molecule is COC(C)c1noc(CN(C)Cc2cccc3c2NCC3)n1.Cl. The normalized spacial score (nSPS) is 14.3. The minimum absolute atomic E-state index is 0. The second-order valence-electron chi connectivity index (χ2n) is 5.72. The summed E-state index contributed by atoms with van der Waals surface area (Å²) in [7, 11) is 3.69. The number of para-hydroxylation sites is 1. The Hall–Kier alpha value is -1.63. The summed E-state index contributed by atoms with van der Waals surface area (Å²) in [6.07, 6.45) is 0.957. The van der Waals surface area contributed by atoms with Gasteiger partial charge < -0.3 is 14.6 Å². The van der Waals surface area contributed by atoms with E-state index in [0.717, 1.165) is 19.5 Å². The van der Waals surface area contributed by atoms with Crippen molar-refractivity contribution in [2.75, 3.05) is 26.0 Å². The van der Waals surface area contributed by atoms with Gasteiger partial charge in [-0.3, -0.25) is 4.90 Å². The Labute approximate surface area is 142 Å². The Bertz CT molecular complexity index is 647. The molecular weight excluding hydrogens is 316 g/mol. The third-order valence-corrected chi connectivity index (χ3v) is 3.98. The molecule has 1 aliphatic heterocycles. The Balaban J connectivity index is 0.00000192. The lowest BCUT2D eigenvalue weighted by Gasteiger charge is -2.16. The van der Waals surface area contributed by atoms with Gasteiger partial charge in [-0.1, -0.05) is 23.4 Å². The lowest BCUT2D eigenvalue weighted by molar-refractivity contribution is 0.109. The molecular formula is C16H23ClN4O2. The van der Waals surface area contributed by atoms with Gasteiger partial charge in [-0.05, 0) is 31.5 Å². The summed E-state index contributed by atoms with van der Waals surface area (Å²) in [4.78, 5) is 6.55. The van der Waals surface area contributed by atoms with Crippen LogP contribution in [-0.2, 0) is 24.2 Å². The molecule has 2 heterocycles. The molecule has 23 heavy (non-hydrogen) atoms. The zero-order valence-corrected chi connectivity index (χ0v) is 14.5. The quantitative estimate of drug-likeness (QED) is 0.873. The Kier molecular flexibility index (Phi) is 5.98. The number of fused-ring (bicyclic) bond motifs is 1. The number of halogens is 1. The number of benzene rings is 1. The van der Waals surface area contributed by atoms with Crippen LogP contribution in [0.4, 0.5) is 5.69 Å². The summed E-state index contributed by atoms with van der Waals surface area (Å²) in [5.74, 6) is 1.20. The highest BCUT2D eigenvalue weighted by atomic mass is 35.5. The maximum absolute atomic E-state index is 5.29. The molecule has 0 amide bonds. The van der Waals surface area contributed by atoms with Crippen LogP contribution in [0.3, 0.4) is 0 Å². The summed E-state index contributed by atoms with van der Waals surface area (Å²) in [5, 5.41) is 7.42. The van der Waals surface area contributed by atoms with E-state index in [1.54, 1.807) is 7.11 Å². The van der Waals surface area contributed by atoms with Crippen LogP contribution in [0.15, 0.2) is 22.7 Å². The van der Waals surface area contributed by atoms with Gasteiger partial charge in [0.15, 0.2) is 5.82 Å². The molecule has 126 valence electrons. The number of anilines is 1. The Morgan fingerprint density at radius 2 is 2.22 bits per heavy atom. The Morgan fingerprint density at radius 3 is 3.00 bits per heavy atom. The van der Waals surface area contributed by atoms with E-state index in [1.807, 2.05) is 6.92 Å². The minimum Gasteiger partial charge on any atom is -0.384 e. The van der Waals surface area contributed by atoms with Crippen LogP contribution in [0.1, 0.15) is 35.9 Å². The topological polar surface area (TPSA) is 63.4 Å². The summed E-state index contributed by atoms with van der Waals surface area (Å²) in [6, 6.07) is 6.48. The monoisotopic (exact) mass is 338 g/mol. The molecule has 1 aromatic carbocycles. The molecule has 0 fully saturated rings. The van der Waals surface area contributed by atoms with Gasteiger partial charge in [-0.2, -0.15) is 4.98 Å². The first kappa shape index (κ1) is 17.7. The first-order valence-electron chi connectivity index (χ1n) is 7.56. The number of rotatable bonds is 6. The van der Waals surface area contributed by atoms with E-state index in [9.17, 15) is 0 Å². The molecule has 0 bridgehead atoms. The second kappa shape index (κ2) is 7.77. The number of nitrogens with one attached hydrogen (secondary N) is 1. The van der Waals surface area contributed by atoms with Crippen LogP contribution in [0, 0.1) is 0 Å². The molecule has 1 aliphatic rings. The van der Waals surface area contributed by atoms with Crippen LogP contribution >= 0.6 is 12.4 Å².